The highest BCUT2D eigenvalue weighted by Crippen LogP contribution is 2.18. The van der Waals surface area contributed by atoms with Crippen molar-refractivity contribution in [3.05, 3.63) is 35.7 Å². The predicted octanol–water partition coefficient (Wildman–Crippen LogP) is 1.37. The lowest BCUT2D eigenvalue weighted by molar-refractivity contribution is -0.125. The molecule has 1 atom stereocenters. The Balaban J connectivity index is 0.00000225. The number of benzene rings is 1. The van der Waals surface area contributed by atoms with Crippen LogP contribution in [-0.4, -0.2) is 48.4 Å². The molecule has 1 saturated heterocycles. The summed E-state index contributed by atoms with van der Waals surface area (Å²) in [7, 11) is 0. The molecule has 7 nitrogen and oxygen atoms in total. The van der Waals surface area contributed by atoms with Crippen molar-refractivity contribution in [1.29, 1.82) is 0 Å². The van der Waals surface area contributed by atoms with Gasteiger partial charge in [-0.2, -0.15) is 4.98 Å². The minimum Gasteiger partial charge on any atom is -0.378 e. The Morgan fingerprint density at radius 1 is 1.36 bits per heavy atom. The monoisotopic (exact) mass is 366 g/mol. The van der Waals surface area contributed by atoms with E-state index in [1.165, 1.54) is 0 Å². The van der Waals surface area contributed by atoms with Crippen LogP contribution in [0.5, 0.6) is 0 Å². The molecule has 1 amide bonds. The lowest BCUT2D eigenvalue weighted by Gasteiger charge is -2.22. The summed E-state index contributed by atoms with van der Waals surface area (Å²) >= 11 is 0. The van der Waals surface area contributed by atoms with Crippen LogP contribution in [0.2, 0.25) is 0 Å². The van der Waals surface area contributed by atoms with Gasteiger partial charge in [-0.25, -0.2) is 0 Å². The second-order valence-corrected chi connectivity index (χ2v) is 5.69. The van der Waals surface area contributed by atoms with E-state index in [0.717, 1.165) is 30.5 Å². The second kappa shape index (κ2) is 9.50. The first-order valence-electron chi connectivity index (χ1n) is 8.27. The van der Waals surface area contributed by atoms with E-state index < -0.39 is 0 Å². The van der Waals surface area contributed by atoms with Crippen molar-refractivity contribution >= 4 is 18.3 Å². The van der Waals surface area contributed by atoms with Gasteiger partial charge in [-0.1, -0.05) is 24.2 Å². The Kier molecular flexibility index (Phi) is 7.36. The van der Waals surface area contributed by atoms with Gasteiger partial charge in [-0.15, -0.1) is 12.4 Å². The molecule has 136 valence electrons. The van der Waals surface area contributed by atoms with E-state index in [2.05, 4.69) is 20.8 Å². The number of ether oxygens (including phenoxy) is 1. The first-order chi connectivity index (χ1) is 11.8. The third kappa shape index (κ3) is 5.26. The number of aryl methyl sites for hydroxylation is 1. The zero-order valence-electron chi connectivity index (χ0n) is 14.2. The SMILES string of the molecule is CCc1noc(-c2ccc(CCNC(=O)C3COCCN3)cc2)n1.Cl. The van der Waals surface area contributed by atoms with Crippen LogP contribution in [0.4, 0.5) is 0 Å². The summed E-state index contributed by atoms with van der Waals surface area (Å²) in [5.41, 5.74) is 2.04. The van der Waals surface area contributed by atoms with E-state index in [-0.39, 0.29) is 24.4 Å². The summed E-state index contributed by atoms with van der Waals surface area (Å²) in [6.07, 6.45) is 1.52. The van der Waals surface area contributed by atoms with Gasteiger partial charge in [0.1, 0.15) is 6.04 Å². The number of halogens is 1. The van der Waals surface area contributed by atoms with Crippen LogP contribution in [0.1, 0.15) is 18.3 Å². The first kappa shape index (κ1) is 19.4. The van der Waals surface area contributed by atoms with Crippen molar-refractivity contribution in [1.82, 2.24) is 20.8 Å². The number of morpholine rings is 1. The number of carbonyl (C=O) groups is 1. The van der Waals surface area contributed by atoms with Crippen molar-refractivity contribution in [2.45, 2.75) is 25.8 Å². The van der Waals surface area contributed by atoms with E-state index in [1.54, 1.807) is 0 Å². The van der Waals surface area contributed by atoms with Gasteiger partial charge >= 0.3 is 0 Å². The van der Waals surface area contributed by atoms with Crippen LogP contribution in [0.25, 0.3) is 11.5 Å². The van der Waals surface area contributed by atoms with E-state index in [0.29, 0.717) is 31.5 Å². The largest absolute Gasteiger partial charge is 0.378 e. The molecule has 8 heteroatoms. The van der Waals surface area contributed by atoms with E-state index >= 15 is 0 Å². The van der Waals surface area contributed by atoms with Crippen LogP contribution in [0.3, 0.4) is 0 Å². The van der Waals surface area contributed by atoms with Crippen LogP contribution in [0.15, 0.2) is 28.8 Å². The number of carbonyl (C=O) groups excluding carboxylic acids is 1. The minimum atomic E-state index is -0.244. The number of rotatable bonds is 6. The van der Waals surface area contributed by atoms with Gasteiger partial charge in [0.05, 0.1) is 13.2 Å². The Hall–Kier alpha value is -1.96. The smallest absolute Gasteiger partial charge is 0.257 e. The molecule has 1 aromatic carbocycles. The summed E-state index contributed by atoms with van der Waals surface area (Å²) in [6, 6.07) is 7.70. The average molecular weight is 367 g/mol. The normalized spacial score (nSPS) is 16.9. The number of hydrogen-bond acceptors (Lipinski definition) is 6. The predicted molar refractivity (Wildman–Crippen MR) is 95.7 cm³/mol. The lowest BCUT2D eigenvalue weighted by Crippen LogP contribution is -2.51. The molecule has 1 aliphatic heterocycles. The molecule has 0 aliphatic carbocycles. The van der Waals surface area contributed by atoms with Gasteiger partial charge in [-0.05, 0) is 24.1 Å². The standard InChI is InChI=1S/C17H22N4O3.ClH/c1-2-15-20-17(24-21-15)13-5-3-12(4-6-13)7-8-19-16(22)14-11-23-10-9-18-14;/h3-6,14,18H,2,7-11H2,1H3,(H,19,22);1H. The molecule has 1 aliphatic rings. The Labute approximate surface area is 152 Å². The molecular formula is C17H23ClN4O3. The van der Waals surface area contributed by atoms with E-state index in [1.807, 2.05) is 31.2 Å². The molecule has 1 fully saturated rings. The van der Waals surface area contributed by atoms with Crippen LogP contribution in [-0.2, 0) is 22.4 Å². The maximum Gasteiger partial charge on any atom is 0.257 e. The molecule has 3 rings (SSSR count). The molecule has 0 spiro atoms. The summed E-state index contributed by atoms with van der Waals surface area (Å²) in [4.78, 5) is 16.3. The molecule has 0 radical (unpaired) electrons. The minimum absolute atomic E-state index is 0. The Bertz CT molecular complexity index is 669. The van der Waals surface area contributed by atoms with Crippen molar-refractivity contribution in [3.8, 4) is 11.5 Å². The fraction of sp³-hybridized carbons (Fsp3) is 0.471. The number of nitrogens with one attached hydrogen (secondary N) is 2. The highest BCUT2D eigenvalue weighted by atomic mass is 35.5. The molecule has 1 aromatic heterocycles. The van der Waals surface area contributed by atoms with Gasteiger partial charge in [0, 0.05) is 25.1 Å². The molecule has 0 bridgehead atoms. The topological polar surface area (TPSA) is 89.3 Å². The van der Waals surface area contributed by atoms with E-state index in [9.17, 15) is 4.79 Å². The highest BCUT2D eigenvalue weighted by Gasteiger charge is 2.20. The summed E-state index contributed by atoms with van der Waals surface area (Å²) in [6.45, 7) is 4.40. The Morgan fingerprint density at radius 3 is 2.80 bits per heavy atom. The van der Waals surface area contributed by atoms with Gasteiger partial charge in [0.25, 0.3) is 5.89 Å². The fourth-order valence-electron chi connectivity index (χ4n) is 2.52. The molecule has 2 aromatic rings. The van der Waals surface area contributed by atoms with Crippen LogP contribution in [0, 0.1) is 0 Å². The maximum absolute atomic E-state index is 12.0. The number of amides is 1. The van der Waals surface area contributed by atoms with Gasteiger partial charge in [-0.3, -0.25) is 4.79 Å². The van der Waals surface area contributed by atoms with E-state index in [4.69, 9.17) is 9.26 Å². The quantitative estimate of drug-likeness (QED) is 0.802. The Morgan fingerprint density at radius 2 is 2.16 bits per heavy atom. The fourth-order valence-corrected chi connectivity index (χ4v) is 2.52. The maximum atomic E-state index is 12.0. The molecule has 25 heavy (non-hydrogen) atoms. The molecule has 2 heterocycles. The number of hydrogen-bond donors (Lipinski definition) is 2. The molecule has 1 unspecified atom stereocenters. The second-order valence-electron chi connectivity index (χ2n) is 5.69. The van der Waals surface area contributed by atoms with Gasteiger partial charge in [0.2, 0.25) is 5.91 Å². The summed E-state index contributed by atoms with van der Waals surface area (Å²) < 4.78 is 10.5. The van der Waals surface area contributed by atoms with Gasteiger partial charge < -0.3 is 19.9 Å². The van der Waals surface area contributed by atoms with Crippen LogP contribution >= 0.6 is 12.4 Å². The zero-order valence-corrected chi connectivity index (χ0v) is 15.0. The average Bonchev–Trinajstić information content (AvgIpc) is 3.12. The lowest BCUT2D eigenvalue weighted by atomic mass is 10.1. The molecule has 2 N–H and O–H groups in total. The molecule has 0 saturated carbocycles. The first-order valence-corrected chi connectivity index (χ1v) is 8.27. The highest BCUT2D eigenvalue weighted by molar-refractivity contribution is 5.85. The summed E-state index contributed by atoms with van der Waals surface area (Å²) in [5.74, 6) is 1.23. The van der Waals surface area contributed by atoms with Crippen molar-refractivity contribution in [2.24, 2.45) is 0 Å². The third-order valence-corrected chi connectivity index (χ3v) is 3.94. The summed E-state index contributed by atoms with van der Waals surface area (Å²) in [5, 5.41) is 9.97. The third-order valence-electron chi connectivity index (χ3n) is 3.94. The van der Waals surface area contributed by atoms with Gasteiger partial charge in [0.15, 0.2) is 5.82 Å². The number of nitrogens with zero attached hydrogens (tertiary/aromatic N) is 2. The zero-order chi connectivity index (χ0) is 16.8. The molecular weight excluding hydrogens is 344 g/mol. The van der Waals surface area contributed by atoms with Crippen molar-refractivity contribution in [3.63, 3.8) is 0 Å². The van der Waals surface area contributed by atoms with Crippen LogP contribution < -0.4 is 10.6 Å². The number of aromatic nitrogens is 2. The van der Waals surface area contributed by atoms with Crippen molar-refractivity contribution < 1.29 is 14.1 Å². The van der Waals surface area contributed by atoms with Crippen molar-refractivity contribution in [2.75, 3.05) is 26.3 Å².